The fraction of sp³-hybridized carbons (Fsp3) is 0.833. The summed E-state index contributed by atoms with van der Waals surface area (Å²) >= 11 is 0. The van der Waals surface area contributed by atoms with Gasteiger partial charge in [0.2, 0.25) is 6.43 Å². The summed E-state index contributed by atoms with van der Waals surface area (Å²) in [5.41, 5.74) is 4.79. The Kier molecular flexibility index (Phi) is 4.02. The summed E-state index contributed by atoms with van der Waals surface area (Å²) < 4.78 is 36.3. The highest BCUT2D eigenvalue weighted by molar-refractivity contribution is 5.73. The van der Waals surface area contributed by atoms with Gasteiger partial charge in [-0.15, -0.1) is 0 Å². The van der Waals surface area contributed by atoms with Crippen LogP contribution in [-0.2, 0) is 4.79 Å². The Morgan fingerprint density at radius 2 is 1.83 bits per heavy atom. The van der Waals surface area contributed by atoms with E-state index in [-0.39, 0.29) is 0 Å². The van der Waals surface area contributed by atoms with Crippen molar-refractivity contribution >= 4 is 5.97 Å². The Labute approximate surface area is 67.4 Å². The van der Waals surface area contributed by atoms with Crippen molar-refractivity contribution < 1.29 is 23.1 Å². The van der Waals surface area contributed by atoms with Gasteiger partial charge in [0.05, 0.1) is 5.92 Å². The molecule has 12 heavy (non-hydrogen) atoms. The number of hydrogen-bond donors (Lipinski definition) is 2. The van der Waals surface area contributed by atoms with Crippen molar-refractivity contribution in [2.24, 2.45) is 11.7 Å². The van der Waals surface area contributed by atoms with Gasteiger partial charge in [-0.25, -0.2) is 13.2 Å². The van der Waals surface area contributed by atoms with Crippen molar-refractivity contribution in [3.63, 3.8) is 0 Å². The van der Waals surface area contributed by atoms with E-state index >= 15 is 0 Å². The highest BCUT2D eigenvalue weighted by atomic mass is 19.3. The number of aliphatic carboxylic acids is 1. The standard InChI is InChI=1S/C6H10F3NO2/c1-2(5(8)9)3(7)4(10)6(11)12/h2-5H,10H2,1H3,(H,11,12). The lowest BCUT2D eigenvalue weighted by Crippen LogP contribution is -2.44. The normalized spacial score (nSPS) is 18.8. The first kappa shape index (κ1) is 11.2. The predicted molar refractivity (Wildman–Crippen MR) is 35.7 cm³/mol. The third kappa shape index (κ3) is 2.69. The van der Waals surface area contributed by atoms with E-state index in [1.54, 1.807) is 0 Å². The van der Waals surface area contributed by atoms with Gasteiger partial charge in [0.15, 0.2) is 0 Å². The van der Waals surface area contributed by atoms with E-state index in [0.29, 0.717) is 0 Å². The van der Waals surface area contributed by atoms with E-state index in [9.17, 15) is 18.0 Å². The van der Waals surface area contributed by atoms with Gasteiger partial charge in [0.1, 0.15) is 12.2 Å². The van der Waals surface area contributed by atoms with Gasteiger partial charge < -0.3 is 10.8 Å². The van der Waals surface area contributed by atoms with Crippen molar-refractivity contribution in [3.05, 3.63) is 0 Å². The van der Waals surface area contributed by atoms with Crippen LogP contribution in [0, 0.1) is 5.92 Å². The Hall–Kier alpha value is -0.780. The second-order valence-electron chi connectivity index (χ2n) is 2.50. The SMILES string of the molecule is CC(C(F)F)C(F)C(N)C(=O)O. The molecule has 3 atom stereocenters. The van der Waals surface area contributed by atoms with Crippen LogP contribution in [0.3, 0.4) is 0 Å². The van der Waals surface area contributed by atoms with Crippen LogP contribution in [-0.4, -0.2) is 29.7 Å². The molecule has 0 aromatic heterocycles. The lowest BCUT2D eigenvalue weighted by atomic mass is 10.0. The van der Waals surface area contributed by atoms with Crippen LogP contribution >= 0.6 is 0 Å². The first-order valence-corrected chi connectivity index (χ1v) is 3.28. The summed E-state index contributed by atoms with van der Waals surface area (Å²) in [4.78, 5) is 10.1. The van der Waals surface area contributed by atoms with E-state index in [1.807, 2.05) is 0 Å². The summed E-state index contributed by atoms with van der Waals surface area (Å²) in [5, 5.41) is 8.17. The van der Waals surface area contributed by atoms with Crippen LogP contribution in [0.15, 0.2) is 0 Å². The molecule has 0 aliphatic heterocycles. The second-order valence-corrected chi connectivity index (χ2v) is 2.50. The summed E-state index contributed by atoms with van der Waals surface area (Å²) in [6.07, 6.45) is -5.12. The number of carbonyl (C=O) groups is 1. The number of halogens is 3. The summed E-state index contributed by atoms with van der Waals surface area (Å²) in [6, 6.07) is -1.88. The molecule has 0 aromatic rings. The van der Waals surface area contributed by atoms with Crippen molar-refractivity contribution in [2.75, 3.05) is 0 Å². The first-order valence-electron chi connectivity index (χ1n) is 3.28. The molecule has 0 saturated carbocycles. The van der Waals surface area contributed by atoms with E-state index < -0.39 is 30.5 Å². The average molecular weight is 185 g/mol. The first-order chi connectivity index (χ1) is 5.37. The van der Waals surface area contributed by atoms with Gasteiger partial charge in [0.25, 0.3) is 0 Å². The fourth-order valence-corrected chi connectivity index (χ4v) is 0.602. The third-order valence-corrected chi connectivity index (χ3v) is 1.53. The summed E-state index contributed by atoms with van der Waals surface area (Å²) in [7, 11) is 0. The lowest BCUT2D eigenvalue weighted by molar-refractivity contribution is -0.141. The number of hydrogen-bond acceptors (Lipinski definition) is 2. The van der Waals surface area contributed by atoms with Crippen LogP contribution in [0.1, 0.15) is 6.92 Å². The highest BCUT2D eigenvalue weighted by Gasteiger charge is 2.33. The predicted octanol–water partition coefficient (Wildman–Crippen LogP) is 0.638. The highest BCUT2D eigenvalue weighted by Crippen LogP contribution is 2.18. The molecular formula is C6H10F3NO2. The molecule has 0 aliphatic rings. The van der Waals surface area contributed by atoms with Gasteiger partial charge in [-0.3, -0.25) is 4.79 Å². The maximum atomic E-state index is 12.7. The molecule has 0 spiro atoms. The maximum Gasteiger partial charge on any atom is 0.323 e. The summed E-state index contributed by atoms with van der Waals surface area (Å²) in [6.45, 7) is 0.915. The van der Waals surface area contributed by atoms with Gasteiger partial charge in [-0.05, 0) is 0 Å². The molecule has 3 unspecified atom stereocenters. The molecule has 0 bridgehead atoms. The minimum atomic E-state index is -2.90. The van der Waals surface area contributed by atoms with Crippen LogP contribution in [0.5, 0.6) is 0 Å². The zero-order valence-corrected chi connectivity index (χ0v) is 6.38. The van der Waals surface area contributed by atoms with Crippen LogP contribution in [0.4, 0.5) is 13.2 Å². The van der Waals surface area contributed by atoms with Crippen LogP contribution < -0.4 is 5.73 Å². The van der Waals surface area contributed by atoms with Crippen molar-refractivity contribution in [2.45, 2.75) is 25.6 Å². The molecule has 6 heteroatoms. The molecule has 0 saturated heterocycles. The van der Waals surface area contributed by atoms with Crippen LogP contribution in [0.25, 0.3) is 0 Å². The molecule has 0 aromatic carbocycles. The molecule has 0 fully saturated rings. The molecule has 0 radical (unpaired) electrons. The molecule has 0 amide bonds. The Morgan fingerprint density at radius 1 is 1.42 bits per heavy atom. The second kappa shape index (κ2) is 4.30. The van der Waals surface area contributed by atoms with Crippen molar-refractivity contribution in [1.82, 2.24) is 0 Å². The maximum absolute atomic E-state index is 12.7. The van der Waals surface area contributed by atoms with Crippen molar-refractivity contribution in [3.8, 4) is 0 Å². The zero-order valence-electron chi connectivity index (χ0n) is 6.38. The molecule has 72 valence electrons. The summed E-state index contributed by atoms with van der Waals surface area (Å²) in [5.74, 6) is -3.27. The number of alkyl halides is 3. The smallest absolute Gasteiger partial charge is 0.323 e. The lowest BCUT2D eigenvalue weighted by Gasteiger charge is -2.18. The minimum Gasteiger partial charge on any atom is -0.480 e. The number of rotatable bonds is 4. The topological polar surface area (TPSA) is 63.3 Å². The van der Waals surface area contributed by atoms with E-state index in [4.69, 9.17) is 10.8 Å². The largest absolute Gasteiger partial charge is 0.480 e. The van der Waals surface area contributed by atoms with Gasteiger partial charge in [0, 0.05) is 0 Å². The van der Waals surface area contributed by atoms with Gasteiger partial charge in [-0.2, -0.15) is 0 Å². The average Bonchev–Trinajstić information content (AvgIpc) is 2.00. The molecular weight excluding hydrogens is 175 g/mol. The third-order valence-electron chi connectivity index (χ3n) is 1.53. The van der Waals surface area contributed by atoms with E-state index in [2.05, 4.69) is 0 Å². The van der Waals surface area contributed by atoms with E-state index in [1.165, 1.54) is 0 Å². The molecule has 0 rings (SSSR count). The minimum absolute atomic E-state index is 0.915. The van der Waals surface area contributed by atoms with E-state index in [0.717, 1.165) is 6.92 Å². The number of nitrogens with two attached hydrogens (primary N) is 1. The molecule has 0 heterocycles. The Morgan fingerprint density at radius 3 is 2.08 bits per heavy atom. The van der Waals surface area contributed by atoms with Gasteiger partial charge in [-0.1, -0.05) is 6.92 Å². The zero-order chi connectivity index (χ0) is 9.89. The number of carboxylic acids is 1. The monoisotopic (exact) mass is 185 g/mol. The number of carboxylic acid groups (broad SMARTS) is 1. The fourth-order valence-electron chi connectivity index (χ4n) is 0.602. The molecule has 0 aliphatic carbocycles. The van der Waals surface area contributed by atoms with Crippen LogP contribution in [0.2, 0.25) is 0 Å². The Balaban J connectivity index is 4.18. The quantitative estimate of drug-likeness (QED) is 0.675. The molecule has 3 nitrogen and oxygen atoms in total. The molecule has 3 N–H and O–H groups in total. The van der Waals surface area contributed by atoms with Gasteiger partial charge >= 0.3 is 5.97 Å². The van der Waals surface area contributed by atoms with Crippen molar-refractivity contribution in [1.29, 1.82) is 0 Å². The Bertz CT molecular complexity index is 165.